The summed E-state index contributed by atoms with van der Waals surface area (Å²) in [5.74, 6) is 0.307. The molecule has 2 rings (SSSR count). The highest BCUT2D eigenvalue weighted by molar-refractivity contribution is 6.04. The first-order chi connectivity index (χ1) is 12.1. The Hall–Kier alpha value is -3.02. The first kappa shape index (κ1) is 18.3. The fourth-order valence-electron chi connectivity index (χ4n) is 2.12. The number of benzene rings is 2. The number of ether oxygens (including phenoxy) is 2. The summed E-state index contributed by atoms with van der Waals surface area (Å²) in [5, 5.41) is 11.4. The molecule has 132 valence electrons. The Bertz CT molecular complexity index is 695. The Balaban J connectivity index is 1.85. The quantitative estimate of drug-likeness (QED) is 0.680. The van der Waals surface area contributed by atoms with Crippen molar-refractivity contribution in [3.8, 4) is 11.5 Å². The number of carbonyl (C=O) groups excluding carboxylic acids is 1. The van der Waals surface area contributed by atoms with Crippen LogP contribution in [0.15, 0.2) is 48.5 Å². The molecule has 2 N–H and O–H groups in total. The van der Waals surface area contributed by atoms with Crippen LogP contribution in [0.5, 0.6) is 11.5 Å². The van der Waals surface area contributed by atoms with Crippen LogP contribution in [-0.4, -0.2) is 30.2 Å². The molecule has 6 heteroatoms. The molecule has 0 aromatic heterocycles. The summed E-state index contributed by atoms with van der Waals surface area (Å²) < 4.78 is 10.8. The molecule has 0 spiro atoms. The minimum atomic E-state index is -0.837. The first-order valence-corrected chi connectivity index (χ1v) is 8.07. The van der Waals surface area contributed by atoms with Gasteiger partial charge in [-0.15, -0.1) is 0 Å². The number of nitrogens with one attached hydrogen (secondary N) is 1. The van der Waals surface area contributed by atoms with E-state index in [1.807, 2.05) is 6.92 Å². The summed E-state index contributed by atoms with van der Waals surface area (Å²) in [7, 11) is 0. The summed E-state index contributed by atoms with van der Waals surface area (Å²) in [6.07, 6.45) is 0.530. The average molecular weight is 343 g/mol. The minimum Gasteiger partial charge on any atom is -0.494 e. The third-order valence-corrected chi connectivity index (χ3v) is 3.34. The second-order valence-electron chi connectivity index (χ2n) is 5.28. The molecule has 25 heavy (non-hydrogen) atoms. The summed E-state index contributed by atoms with van der Waals surface area (Å²) in [6.45, 7) is 2.82. The van der Waals surface area contributed by atoms with E-state index in [0.717, 1.165) is 5.75 Å². The van der Waals surface area contributed by atoms with Crippen molar-refractivity contribution in [1.29, 1.82) is 0 Å². The van der Waals surface area contributed by atoms with Crippen LogP contribution in [0.25, 0.3) is 0 Å². The van der Waals surface area contributed by atoms with Gasteiger partial charge in [0.25, 0.3) is 5.91 Å². The van der Waals surface area contributed by atoms with Crippen molar-refractivity contribution in [1.82, 2.24) is 0 Å². The van der Waals surface area contributed by atoms with Crippen molar-refractivity contribution in [2.45, 2.75) is 19.8 Å². The molecule has 0 aliphatic heterocycles. The summed E-state index contributed by atoms with van der Waals surface area (Å²) in [5.41, 5.74) is 1.19. The first-order valence-electron chi connectivity index (χ1n) is 8.07. The Kier molecular flexibility index (Phi) is 6.83. The average Bonchev–Trinajstić information content (AvgIpc) is 2.61. The number of carbonyl (C=O) groups is 2. The van der Waals surface area contributed by atoms with Gasteiger partial charge in [-0.3, -0.25) is 9.59 Å². The predicted molar refractivity (Wildman–Crippen MR) is 94.4 cm³/mol. The summed E-state index contributed by atoms with van der Waals surface area (Å²) in [6, 6.07) is 13.9. The molecule has 2 aromatic rings. The number of hydrogen-bond acceptors (Lipinski definition) is 4. The zero-order chi connectivity index (χ0) is 18.1. The molecule has 0 bridgehead atoms. The fourth-order valence-corrected chi connectivity index (χ4v) is 2.12. The van der Waals surface area contributed by atoms with Crippen LogP contribution in [0.2, 0.25) is 0 Å². The van der Waals surface area contributed by atoms with Crippen LogP contribution in [0.4, 0.5) is 5.69 Å². The lowest BCUT2D eigenvalue weighted by atomic mass is 10.2. The van der Waals surface area contributed by atoms with Crippen molar-refractivity contribution >= 4 is 17.6 Å². The van der Waals surface area contributed by atoms with Gasteiger partial charge in [-0.2, -0.15) is 0 Å². The maximum atomic E-state index is 12.2. The highest BCUT2D eigenvalue weighted by Gasteiger charge is 2.06. The molecule has 0 saturated carbocycles. The zero-order valence-corrected chi connectivity index (χ0v) is 14.0. The SMILES string of the molecule is CCOc1ccc(C(=O)Nc2ccc(OCCCC(=O)O)cc2)cc1. The van der Waals surface area contributed by atoms with Crippen LogP contribution in [0, 0.1) is 0 Å². The number of aliphatic carboxylic acids is 1. The molecule has 0 radical (unpaired) electrons. The van der Waals surface area contributed by atoms with E-state index in [1.54, 1.807) is 48.5 Å². The molecule has 0 saturated heterocycles. The fraction of sp³-hybridized carbons (Fsp3) is 0.263. The summed E-state index contributed by atoms with van der Waals surface area (Å²) >= 11 is 0. The number of anilines is 1. The van der Waals surface area contributed by atoms with Gasteiger partial charge in [0, 0.05) is 17.7 Å². The van der Waals surface area contributed by atoms with Gasteiger partial charge in [0.05, 0.1) is 13.2 Å². The van der Waals surface area contributed by atoms with Crippen LogP contribution < -0.4 is 14.8 Å². The van der Waals surface area contributed by atoms with Gasteiger partial charge in [0.2, 0.25) is 0 Å². The van der Waals surface area contributed by atoms with Crippen LogP contribution in [0.1, 0.15) is 30.1 Å². The number of carboxylic acid groups (broad SMARTS) is 1. The van der Waals surface area contributed by atoms with Crippen LogP contribution in [-0.2, 0) is 4.79 Å². The second kappa shape index (κ2) is 9.32. The molecular weight excluding hydrogens is 322 g/mol. The van der Waals surface area contributed by atoms with Crippen molar-refractivity contribution in [2.24, 2.45) is 0 Å². The smallest absolute Gasteiger partial charge is 0.303 e. The van der Waals surface area contributed by atoms with Crippen molar-refractivity contribution in [3.63, 3.8) is 0 Å². The third-order valence-electron chi connectivity index (χ3n) is 3.34. The van der Waals surface area contributed by atoms with E-state index in [0.29, 0.717) is 36.6 Å². The monoisotopic (exact) mass is 343 g/mol. The van der Waals surface area contributed by atoms with Gasteiger partial charge in [-0.05, 0) is 61.9 Å². The van der Waals surface area contributed by atoms with E-state index < -0.39 is 5.97 Å². The Labute approximate surface area is 146 Å². The normalized spacial score (nSPS) is 10.1. The van der Waals surface area contributed by atoms with Gasteiger partial charge in [-0.25, -0.2) is 0 Å². The Morgan fingerprint density at radius 1 is 0.960 bits per heavy atom. The molecule has 0 heterocycles. The van der Waals surface area contributed by atoms with Gasteiger partial charge in [0.1, 0.15) is 11.5 Å². The Morgan fingerprint density at radius 3 is 2.16 bits per heavy atom. The molecule has 2 aromatic carbocycles. The number of hydrogen-bond donors (Lipinski definition) is 2. The molecule has 0 aliphatic carbocycles. The van der Waals surface area contributed by atoms with Crippen molar-refractivity contribution in [2.75, 3.05) is 18.5 Å². The highest BCUT2D eigenvalue weighted by atomic mass is 16.5. The molecule has 0 fully saturated rings. The van der Waals surface area contributed by atoms with E-state index in [4.69, 9.17) is 14.6 Å². The Morgan fingerprint density at radius 2 is 1.56 bits per heavy atom. The molecular formula is C19H21NO5. The van der Waals surface area contributed by atoms with E-state index in [-0.39, 0.29) is 12.3 Å². The van der Waals surface area contributed by atoms with E-state index in [2.05, 4.69) is 5.32 Å². The lowest BCUT2D eigenvalue weighted by Gasteiger charge is -2.09. The summed E-state index contributed by atoms with van der Waals surface area (Å²) in [4.78, 5) is 22.6. The second-order valence-corrected chi connectivity index (χ2v) is 5.28. The lowest BCUT2D eigenvalue weighted by Crippen LogP contribution is -2.11. The number of carboxylic acids is 1. The van der Waals surface area contributed by atoms with Gasteiger partial charge < -0.3 is 19.9 Å². The molecule has 0 unspecified atom stereocenters. The molecule has 0 atom stereocenters. The van der Waals surface area contributed by atoms with E-state index >= 15 is 0 Å². The standard InChI is InChI=1S/C19H21NO5/c1-2-24-16-9-5-14(6-10-16)19(23)20-15-7-11-17(12-8-15)25-13-3-4-18(21)22/h5-12H,2-4,13H2,1H3,(H,20,23)(H,21,22). The van der Waals surface area contributed by atoms with E-state index in [1.165, 1.54) is 0 Å². The maximum Gasteiger partial charge on any atom is 0.303 e. The van der Waals surface area contributed by atoms with Gasteiger partial charge >= 0.3 is 5.97 Å². The molecule has 6 nitrogen and oxygen atoms in total. The van der Waals surface area contributed by atoms with Gasteiger partial charge in [0.15, 0.2) is 0 Å². The minimum absolute atomic E-state index is 0.0796. The molecule has 1 amide bonds. The largest absolute Gasteiger partial charge is 0.494 e. The van der Waals surface area contributed by atoms with E-state index in [9.17, 15) is 9.59 Å². The van der Waals surface area contributed by atoms with Crippen LogP contribution >= 0.6 is 0 Å². The third kappa shape index (κ3) is 6.18. The topological polar surface area (TPSA) is 84.9 Å². The van der Waals surface area contributed by atoms with Crippen molar-refractivity contribution in [3.05, 3.63) is 54.1 Å². The van der Waals surface area contributed by atoms with Gasteiger partial charge in [-0.1, -0.05) is 0 Å². The van der Waals surface area contributed by atoms with Crippen molar-refractivity contribution < 1.29 is 24.2 Å². The highest BCUT2D eigenvalue weighted by Crippen LogP contribution is 2.18. The zero-order valence-electron chi connectivity index (χ0n) is 14.0. The van der Waals surface area contributed by atoms with Crippen LogP contribution in [0.3, 0.4) is 0 Å². The lowest BCUT2D eigenvalue weighted by molar-refractivity contribution is -0.137. The maximum absolute atomic E-state index is 12.2. The number of rotatable bonds is 9. The molecule has 0 aliphatic rings. The predicted octanol–water partition coefficient (Wildman–Crippen LogP) is 3.58. The number of amides is 1.